The van der Waals surface area contributed by atoms with Crippen molar-refractivity contribution in [3.63, 3.8) is 0 Å². The lowest BCUT2D eigenvalue weighted by molar-refractivity contribution is 0.100. The van der Waals surface area contributed by atoms with Crippen LogP contribution in [0.15, 0.2) is 24.3 Å². The molecule has 0 unspecified atom stereocenters. The Balaban J connectivity index is 1.73. The van der Waals surface area contributed by atoms with Crippen LogP contribution >= 0.6 is 0 Å². The van der Waals surface area contributed by atoms with Gasteiger partial charge in [-0.2, -0.15) is 0 Å². The van der Waals surface area contributed by atoms with E-state index >= 15 is 0 Å². The van der Waals surface area contributed by atoms with Gasteiger partial charge in [0.25, 0.3) is 5.91 Å². The first kappa shape index (κ1) is 23.6. The number of primary amides is 2. The van der Waals surface area contributed by atoms with Crippen LogP contribution < -0.4 is 21.5 Å². The first-order valence-corrected chi connectivity index (χ1v) is 11.1. The van der Waals surface area contributed by atoms with Crippen LogP contribution in [0, 0.1) is 5.92 Å². The van der Waals surface area contributed by atoms with Crippen LogP contribution in [0.5, 0.6) is 5.75 Å². The summed E-state index contributed by atoms with van der Waals surface area (Å²) in [5.74, 6) is 0.787. The molecule has 1 aliphatic rings. The van der Waals surface area contributed by atoms with Crippen molar-refractivity contribution in [1.82, 2.24) is 9.88 Å². The second kappa shape index (κ2) is 11.0. The maximum Gasteiger partial charge on any atom is 0.317 e. The average Bonchev–Trinajstić information content (AvgIpc) is 3.18. The van der Waals surface area contributed by atoms with Gasteiger partial charge in [0, 0.05) is 18.7 Å². The molecule has 0 aliphatic carbocycles. The van der Waals surface area contributed by atoms with Crippen molar-refractivity contribution in [2.75, 3.05) is 38.2 Å². The number of rotatable bonds is 10. The van der Waals surface area contributed by atoms with E-state index in [1.54, 1.807) is 6.07 Å². The number of amides is 3. The Bertz CT molecular complexity index is 934. The fraction of sp³-hybridized carbons (Fsp3) is 0.478. The number of aromatic nitrogens is 1. The number of nitrogens with zero attached hydrogens (tertiary/aromatic N) is 1. The number of benzene rings is 1. The standard InChI is InChI=1S/C23H33N5O4/c1-2-15-3-4-20(32-12-10-28-8-5-16(6-9-28)7-11-29)17(13-15)19-14-18(21(24)30)22(26-19)27-23(25)31/h3-4,13-14,16,26,29H,2,5-12H2,1H3,(H2,24,30)(H3,25,27,31). The molecule has 2 aromatic rings. The van der Waals surface area contributed by atoms with Gasteiger partial charge in [0.15, 0.2) is 0 Å². The number of nitrogens with one attached hydrogen (secondary N) is 2. The second-order valence-electron chi connectivity index (χ2n) is 8.16. The third-order valence-electron chi connectivity index (χ3n) is 5.98. The summed E-state index contributed by atoms with van der Waals surface area (Å²) >= 11 is 0. The van der Waals surface area contributed by atoms with Gasteiger partial charge in [-0.15, -0.1) is 0 Å². The summed E-state index contributed by atoms with van der Waals surface area (Å²) in [5, 5.41) is 11.5. The lowest BCUT2D eigenvalue weighted by Gasteiger charge is -2.31. The van der Waals surface area contributed by atoms with E-state index in [1.807, 2.05) is 18.2 Å². The van der Waals surface area contributed by atoms with Crippen LogP contribution in [0.4, 0.5) is 10.6 Å². The van der Waals surface area contributed by atoms with Gasteiger partial charge in [0.1, 0.15) is 18.2 Å². The molecule has 0 bridgehead atoms. The fourth-order valence-electron chi connectivity index (χ4n) is 4.12. The number of anilines is 1. The molecular formula is C23H33N5O4. The molecule has 3 amide bonds. The molecule has 1 aliphatic heterocycles. The van der Waals surface area contributed by atoms with E-state index in [0.29, 0.717) is 24.0 Å². The number of hydrogen-bond donors (Lipinski definition) is 5. The minimum absolute atomic E-state index is 0.150. The molecule has 1 aromatic heterocycles. The Labute approximate surface area is 188 Å². The van der Waals surface area contributed by atoms with Gasteiger partial charge in [-0.25, -0.2) is 4.79 Å². The molecule has 1 fully saturated rings. The Kier molecular flexibility index (Phi) is 8.13. The molecule has 9 nitrogen and oxygen atoms in total. The SMILES string of the molecule is CCc1ccc(OCCN2CCC(CCO)CC2)c(-c2cc(C(N)=O)c(NC(N)=O)[nH]2)c1. The Morgan fingerprint density at radius 3 is 2.62 bits per heavy atom. The molecule has 2 heterocycles. The average molecular weight is 444 g/mol. The maximum absolute atomic E-state index is 11.8. The molecule has 0 saturated carbocycles. The van der Waals surface area contributed by atoms with Crippen LogP contribution in [0.2, 0.25) is 0 Å². The molecule has 9 heteroatoms. The molecule has 1 saturated heterocycles. The zero-order valence-corrected chi connectivity index (χ0v) is 18.5. The smallest absolute Gasteiger partial charge is 0.317 e. The Morgan fingerprint density at radius 2 is 2.00 bits per heavy atom. The summed E-state index contributed by atoms with van der Waals surface area (Å²) in [6, 6.07) is 6.75. The zero-order chi connectivity index (χ0) is 23.1. The summed E-state index contributed by atoms with van der Waals surface area (Å²) in [7, 11) is 0. The number of piperidine rings is 1. The zero-order valence-electron chi connectivity index (χ0n) is 18.5. The van der Waals surface area contributed by atoms with Crippen molar-refractivity contribution in [3.8, 4) is 17.0 Å². The monoisotopic (exact) mass is 443 g/mol. The minimum Gasteiger partial charge on any atom is -0.492 e. The molecular weight excluding hydrogens is 410 g/mol. The minimum atomic E-state index is -0.789. The molecule has 1 aromatic carbocycles. The van der Waals surface area contributed by atoms with Crippen molar-refractivity contribution in [2.45, 2.75) is 32.6 Å². The number of aliphatic hydroxyl groups excluding tert-OH is 1. The number of aromatic amines is 1. The molecule has 7 N–H and O–H groups in total. The highest BCUT2D eigenvalue weighted by Crippen LogP contribution is 2.33. The lowest BCUT2D eigenvalue weighted by Crippen LogP contribution is -2.36. The number of H-pyrrole nitrogens is 1. The highest BCUT2D eigenvalue weighted by molar-refractivity contribution is 6.03. The summed E-state index contributed by atoms with van der Waals surface area (Å²) in [6.45, 7) is 5.68. The van der Waals surface area contributed by atoms with E-state index in [1.165, 1.54) is 0 Å². The molecule has 3 rings (SSSR count). The van der Waals surface area contributed by atoms with E-state index in [4.69, 9.17) is 21.3 Å². The third kappa shape index (κ3) is 6.02. The van der Waals surface area contributed by atoms with Gasteiger partial charge in [0.2, 0.25) is 0 Å². The largest absolute Gasteiger partial charge is 0.492 e. The van der Waals surface area contributed by atoms with E-state index < -0.39 is 11.9 Å². The number of aryl methyl sites for hydroxylation is 1. The van der Waals surface area contributed by atoms with Crippen molar-refractivity contribution in [3.05, 3.63) is 35.4 Å². The van der Waals surface area contributed by atoms with Gasteiger partial charge < -0.3 is 26.3 Å². The third-order valence-corrected chi connectivity index (χ3v) is 5.98. The number of nitrogens with two attached hydrogens (primary N) is 2. The molecule has 174 valence electrons. The predicted octanol–water partition coefficient (Wildman–Crippen LogP) is 2.31. The number of carbonyl (C=O) groups is 2. The topological polar surface area (TPSA) is 147 Å². The summed E-state index contributed by atoms with van der Waals surface area (Å²) in [4.78, 5) is 28.5. The van der Waals surface area contributed by atoms with Crippen LogP contribution in [0.1, 0.15) is 42.1 Å². The summed E-state index contributed by atoms with van der Waals surface area (Å²) in [5.41, 5.74) is 13.3. The lowest BCUT2D eigenvalue weighted by atomic mass is 9.94. The van der Waals surface area contributed by atoms with Crippen LogP contribution in [-0.2, 0) is 6.42 Å². The highest BCUT2D eigenvalue weighted by atomic mass is 16.5. The number of likely N-dealkylation sites (tertiary alicyclic amines) is 1. The molecule has 0 atom stereocenters. The van der Waals surface area contributed by atoms with Gasteiger partial charge in [-0.05, 0) is 68.5 Å². The molecule has 0 radical (unpaired) electrons. The van der Waals surface area contributed by atoms with E-state index in [-0.39, 0.29) is 18.0 Å². The van der Waals surface area contributed by atoms with Crippen LogP contribution in [0.3, 0.4) is 0 Å². The van der Waals surface area contributed by atoms with Gasteiger partial charge in [0.05, 0.1) is 11.3 Å². The van der Waals surface area contributed by atoms with Crippen LogP contribution in [-0.4, -0.2) is 59.8 Å². The molecule has 0 spiro atoms. The predicted molar refractivity (Wildman–Crippen MR) is 124 cm³/mol. The fourth-order valence-corrected chi connectivity index (χ4v) is 4.12. The van der Waals surface area contributed by atoms with Crippen molar-refractivity contribution in [2.24, 2.45) is 17.4 Å². The quantitative estimate of drug-likeness (QED) is 0.382. The van der Waals surface area contributed by atoms with E-state index in [9.17, 15) is 9.59 Å². The van der Waals surface area contributed by atoms with Crippen molar-refractivity contribution < 1.29 is 19.4 Å². The molecule has 32 heavy (non-hydrogen) atoms. The van der Waals surface area contributed by atoms with E-state index in [2.05, 4.69) is 22.1 Å². The summed E-state index contributed by atoms with van der Waals surface area (Å²) in [6.07, 6.45) is 3.93. The van der Waals surface area contributed by atoms with Crippen molar-refractivity contribution >= 4 is 17.8 Å². The van der Waals surface area contributed by atoms with Crippen molar-refractivity contribution in [1.29, 1.82) is 0 Å². The van der Waals surface area contributed by atoms with E-state index in [0.717, 1.165) is 56.4 Å². The second-order valence-corrected chi connectivity index (χ2v) is 8.16. The van der Waals surface area contributed by atoms with Gasteiger partial charge in [-0.3, -0.25) is 15.0 Å². The number of hydrogen-bond acceptors (Lipinski definition) is 5. The van der Waals surface area contributed by atoms with Crippen LogP contribution in [0.25, 0.3) is 11.3 Å². The van der Waals surface area contributed by atoms with Gasteiger partial charge >= 0.3 is 6.03 Å². The summed E-state index contributed by atoms with van der Waals surface area (Å²) < 4.78 is 6.13. The number of ether oxygens (including phenoxy) is 1. The first-order valence-electron chi connectivity index (χ1n) is 11.1. The Hall–Kier alpha value is -3.04. The number of urea groups is 1. The maximum atomic E-state index is 11.8. The number of aliphatic hydroxyl groups is 1. The number of carbonyl (C=O) groups excluding carboxylic acids is 2. The first-order chi connectivity index (χ1) is 15.4. The normalized spacial score (nSPS) is 14.9. The Morgan fingerprint density at radius 1 is 1.25 bits per heavy atom. The van der Waals surface area contributed by atoms with Gasteiger partial charge in [-0.1, -0.05) is 13.0 Å². The highest BCUT2D eigenvalue weighted by Gasteiger charge is 2.20.